The van der Waals surface area contributed by atoms with Crippen LogP contribution in [-0.2, 0) is 4.79 Å². The van der Waals surface area contributed by atoms with E-state index >= 15 is 0 Å². The third-order valence-corrected chi connectivity index (χ3v) is 3.39. The maximum Gasteiger partial charge on any atom is 0.251 e. The molecular formula is C18H20N2O2. The van der Waals surface area contributed by atoms with Crippen molar-refractivity contribution in [2.75, 3.05) is 11.9 Å². The van der Waals surface area contributed by atoms with Crippen molar-refractivity contribution in [1.82, 2.24) is 5.32 Å². The van der Waals surface area contributed by atoms with E-state index in [2.05, 4.69) is 10.6 Å². The van der Waals surface area contributed by atoms with Gasteiger partial charge in [-0.3, -0.25) is 9.59 Å². The van der Waals surface area contributed by atoms with Crippen molar-refractivity contribution in [3.8, 4) is 0 Å². The SMILES string of the molecule is Cc1cc(C)c(NC(=O)CNC(=O)c2ccccc2)c(C)c1. The summed E-state index contributed by atoms with van der Waals surface area (Å²) in [5.74, 6) is -0.493. The molecule has 4 nitrogen and oxygen atoms in total. The van der Waals surface area contributed by atoms with Gasteiger partial charge in [0.25, 0.3) is 5.91 Å². The van der Waals surface area contributed by atoms with E-state index in [0.29, 0.717) is 5.56 Å². The average Bonchev–Trinajstić information content (AvgIpc) is 2.49. The summed E-state index contributed by atoms with van der Waals surface area (Å²) in [6.07, 6.45) is 0. The summed E-state index contributed by atoms with van der Waals surface area (Å²) < 4.78 is 0. The van der Waals surface area contributed by atoms with E-state index in [1.165, 1.54) is 0 Å². The summed E-state index contributed by atoms with van der Waals surface area (Å²) in [6, 6.07) is 12.9. The molecule has 0 aliphatic carbocycles. The molecule has 0 heterocycles. The van der Waals surface area contributed by atoms with E-state index < -0.39 is 0 Å². The molecule has 2 N–H and O–H groups in total. The van der Waals surface area contributed by atoms with Crippen LogP contribution < -0.4 is 10.6 Å². The lowest BCUT2D eigenvalue weighted by Gasteiger charge is -2.13. The molecule has 0 aliphatic rings. The van der Waals surface area contributed by atoms with Crippen LogP contribution in [-0.4, -0.2) is 18.4 Å². The molecule has 0 fully saturated rings. The van der Waals surface area contributed by atoms with Crippen LogP contribution in [0.15, 0.2) is 42.5 Å². The van der Waals surface area contributed by atoms with Gasteiger partial charge in [-0.15, -0.1) is 0 Å². The highest BCUT2D eigenvalue weighted by Gasteiger charge is 2.10. The topological polar surface area (TPSA) is 58.2 Å². The quantitative estimate of drug-likeness (QED) is 0.911. The average molecular weight is 296 g/mol. The van der Waals surface area contributed by atoms with Crippen LogP contribution in [0.5, 0.6) is 0 Å². The first-order chi connectivity index (χ1) is 10.5. The van der Waals surface area contributed by atoms with Gasteiger partial charge in [-0.05, 0) is 44.0 Å². The summed E-state index contributed by atoms with van der Waals surface area (Å²) in [4.78, 5) is 23.9. The van der Waals surface area contributed by atoms with Gasteiger partial charge in [0, 0.05) is 11.3 Å². The van der Waals surface area contributed by atoms with Crippen LogP contribution >= 0.6 is 0 Å². The molecule has 4 heteroatoms. The predicted octanol–water partition coefficient (Wildman–Crippen LogP) is 2.98. The zero-order chi connectivity index (χ0) is 16.1. The number of carbonyl (C=O) groups is 2. The number of amides is 2. The lowest BCUT2D eigenvalue weighted by Crippen LogP contribution is -2.33. The zero-order valence-electron chi connectivity index (χ0n) is 13.1. The molecule has 0 aliphatic heterocycles. The molecule has 2 amide bonds. The molecule has 114 valence electrons. The summed E-state index contributed by atoms with van der Waals surface area (Å²) in [5.41, 5.74) is 4.54. The van der Waals surface area contributed by atoms with Crippen molar-refractivity contribution < 1.29 is 9.59 Å². The molecule has 0 spiro atoms. The van der Waals surface area contributed by atoms with Crippen molar-refractivity contribution >= 4 is 17.5 Å². The molecule has 0 saturated heterocycles. The predicted molar refractivity (Wildman–Crippen MR) is 88.1 cm³/mol. The summed E-state index contributed by atoms with van der Waals surface area (Å²) in [5, 5.41) is 5.48. The molecule has 2 aromatic rings. The Morgan fingerprint density at radius 2 is 1.55 bits per heavy atom. The Morgan fingerprint density at radius 3 is 2.14 bits per heavy atom. The minimum Gasteiger partial charge on any atom is -0.343 e. The Balaban J connectivity index is 1.95. The summed E-state index contributed by atoms with van der Waals surface area (Å²) in [7, 11) is 0. The van der Waals surface area contributed by atoms with E-state index in [9.17, 15) is 9.59 Å². The Hall–Kier alpha value is -2.62. The van der Waals surface area contributed by atoms with Crippen molar-refractivity contribution in [2.24, 2.45) is 0 Å². The third-order valence-electron chi connectivity index (χ3n) is 3.39. The molecule has 2 rings (SSSR count). The van der Waals surface area contributed by atoms with E-state index in [4.69, 9.17) is 0 Å². The minimum atomic E-state index is -0.256. The third kappa shape index (κ3) is 3.95. The summed E-state index contributed by atoms with van der Waals surface area (Å²) in [6.45, 7) is 5.88. The number of anilines is 1. The Kier molecular flexibility index (Phi) is 4.94. The van der Waals surface area contributed by atoms with Gasteiger partial charge < -0.3 is 10.6 Å². The van der Waals surface area contributed by atoms with Gasteiger partial charge in [0.05, 0.1) is 6.54 Å². The van der Waals surface area contributed by atoms with Gasteiger partial charge in [0.2, 0.25) is 5.91 Å². The van der Waals surface area contributed by atoms with Crippen LogP contribution in [0.25, 0.3) is 0 Å². The first-order valence-electron chi connectivity index (χ1n) is 7.18. The van der Waals surface area contributed by atoms with Crippen LogP contribution in [0.2, 0.25) is 0 Å². The van der Waals surface area contributed by atoms with Crippen molar-refractivity contribution in [1.29, 1.82) is 0 Å². The fourth-order valence-electron chi connectivity index (χ4n) is 2.41. The van der Waals surface area contributed by atoms with Crippen LogP contribution in [0, 0.1) is 20.8 Å². The van der Waals surface area contributed by atoms with Crippen molar-refractivity contribution in [3.63, 3.8) is 0 Å². The number of benzene rings is 2. The maximum absolute atomic E-state index is 12.0. The number of nitrogens with one attached hydrogen (secondary N) is 2. The second-order valence-electron chi connectivity index (χ2n) is 5.37. The fraction of sp³-hybridized carbons (Fsp3) is 0.222. The molecule has 0 bridgehead atoms. The molecule has 0 aromatic heterocycles. The van der Waals surface area contributed by atoms with E-state index in [1.807, 2.05) is 39.0 Å². The Labute approximate surface area is 130 Å². The van der Waals surface area contributed by atoms with Gasteiger partial charge in [-0.2, -0.15) is 0 Å². The highest BCUT2D eigenvalue weighted by Crippen LogP contribution is 2.21. The van der Waals surface area contributed by atoms with E-state index in [0.717, 1.165) is 22.4 Å². The highest BCUT2D eigenvalue weighted by molar-refractivity contribution is 5.99. The fourth-order valence-corrected chi connectivity index (χ4v) is 2.41. The van der Waals surface area contributed by atoms with Gasteiger partial charge in [0.15, 0.2) is 0 Å². The number of carbonyl (C=O) groups excluding carboxylic acids is 2. The highest BCUT2D eigenvalue weighted by atomic mass is 16.2. The van der Waals surface area contributed by atoms with E-state index in [-0.39, 0.29) is 18.4 Å². The lowest BCUT2D eigenvalue weighted by atomic mass is 10.1. The molecular weight excluding hydrogens is 276 g/mol. The number of hydrogen-bond acceptors (Lipinski definition) is 2. The van der Waals surface area contributed by atoms with Crippen LogP contribution in [0.1, 0.15) is 27.0 Å². The molecule has 0 radical (unpaired) electrons. The normalized spacial score (nSPS) is 10.1. The van der Waals surface area contributed by atoms with Crippen molar-refractivity contribution in [2.45, 2.75) is 20.8 Å². The van der Waals surface area contributed by atoms with Crippen molar-refractivity contribution in [3.05, 3.63) is 64.7 Å². The largest absolute Gasteiger partial charge is 0.343 e. The minimum absolute atomic E-state index is 0.0551. The summed E-state index contributed by atoms with van der Waals surface area (Å²) >= 11 is 0. The zero-order valence-corrected chi connectivity index (χ0v) is 13.1. The smallest absolute Gasteiger partial charge is 0.251 e. The molecule has 0 atom stereocenters. The second-order valence-corrected chi connectivity index (χ2v) is 5.37. The van der Waals surface area contributed by atoms with Gasteiger partial charge in [-0.25, -0.2) is 0 Å². The number of rotatable bonds is 4. The van der Waals surface area contributed by atoms with Gasteiger partial charge in [-0.1, -0.05) is 35.9 Å². The van der Waals surface area contributed by atoms with E-state index in [1.54, 1.807) is 24.3 Å². The van der Waals surface area contributed by atoms with Crippen LogP contribution in [0.3, 0.4) is 0 Å². The first-order valence-corrected chi connectivity index (χ1v) is 7.18. The second kappa shape index (κ2) is 6.89. The molecule has 2 aromatic carbocycles. The standard InChI is InChI=1S/C18H20N2O2/c1-12-9-13(2)17(14(3)10-12)20-16(21)11-19-18(22)15-7-5-4-6-8-15/h4-10H,11H2,1-3H3,(H,19,22)(H,20,21). The first kappa shape index (κ1) is 15.8. The Morgan fingerprint density at radius 1 is 0.955 bits per heavy atom. The molecule has 0 saturated carbocycles. The monoisotopic (exact) mass is 296 g/mol. The molecule has 22 heavy (non-hydrogen) atoms. The van der Waals surface area contributed by atoms with Gasteiger partial charge >= 0.3 is 0 Å². The lowest BCUT2D eigenvalue weighted by molar-refractivity contribution is -0.115. The van der Waals surface area contributed by atoms with Gasteiger partial charge in [0.1, 0.15) is 0 Å². The Bertz CT molecular complexity index is 670. The number of hydrogen-bond donors (Lipinski definition) is 2. The van der Waals surface area contributed by atoms with Crippen LogP contribution in [0.4, 0.5) is 5.69 Å². The maximum atomic E-state index is 12.0. The molecule has 0 unspecified atom stereocenters. The number of aryl methyl sites for hydroxylation is 3.